The van der Waals surface area contributed by atoms with Crippen LogP contribution in [0.15, 0.2) is 52.8 Å². The standard InChI is InChI=1S/C18H13F3N2S/c19-12-3-1-11(2-4-12)17-10-24-18(23(17)14-6-7-14)22-16-8-5-13(20)9-15(16)21/h1-5,8-10,14H,6-7H2. The van der Waals surface area contributed by atoms with Crippen molar-refractivity contribution in [1.82, 2.24) is 4.57 Å². The fraction of sp³-hybridized carbons (Fsp3) is 0.167. The highest BCUT2D eigenvalue weighted by atomic mass is 32.1. The number of nitrogens with zero attached hydrogens (tertiary/aromatic N) is 2. The molecule has 0 spiro atoms. The first-order valence-corrected chi connectivity index (χ1v) is 8.45. The van der Waals surface area contributed by atoms with Crippen molar-refractivity contribution in [3.63, 3.8) is 0 Å². The maximum absolute atomic E-state index is 13.9. The Labute approximate surface area is 140 Å². The Bertz CT molecular complexity index is 953. The van der Waals surface area contributed by atoms with Crippen LogP contribution in [0.5, 0.6) is 0 Å². The second-order valence-corrected chi connectivity index (χ2v) is 6.56. The Kier molecular flexibility index (Phi) is 3.76. The van der Waals surface area contributed by atoms with E-state index in [0.29, 0.717) is 10.8 Å². The molecule has 2 aromatic carbocycles. The van der Waals surface area contributed by atoms with Crippen LogP contribution in [-0.2, 0) is 0 Å². The summed E-state index contributed by atoms with van der Waals surface area (Å²) in [5.74, 6) is -1.60. The molecule has 3 aromatic rings. The lowest BCUT2D eigenvalue weighted by molar-refractivity contribution is 0.584. The van der Waals surface area contributed by atoms with Crippen LogP contribution in [0.1, 0.15) is 18.9 Å². The van der Waals surface area contributed by atoms with Gasteiger partial charge in [-0.15, -0.1) is 11.3 Å². The van der Waals surface area contributed by atoms with Gasteiger partial charge in [-0.2, -0.15) is 0 Å². The van der Waals surface area contributed by atoms with Crippen molar-refractivity contribution in [2.75, 3.05) is 0 Å². The summed E-state index contributed by atoms with van der Waals surface area (Å²) < 4.78 is 42.1. The molecule has 4 rings (SSSR count). The molecule has 24 heavy (non-hydrogen) atoms. The second-order valence-electron chi connectivity index (χ2n) is 5.72. The lowest BCUT2D eigenvalue weighted by Crippen LogP contribution is -2.14. The summed E-state index contributed by atoms with van der Waals surface area (Å²) in [4.78, 5) is 5.03. The Morgan fingerprint density at radius 1 is 0.958 bits per heavy atom. The second kappa shape index (κ2) is 5.94. The molecule has 1 fully saturated rings. The van der Waals surface area contributed by atoms with Crippen molar-refractivity contribution < 1.29 is 13.2 Å². The van der Waals surface area contributed by atoms with E-state index in [2.05, 4.69) is 9.56 Å². The normalized spacial score (nSPS) is 15.0. The molecule has 1 aromatic heterocycles. The highest BCUT2D eigenvalue weighted by molar-refractivity contribution is 7.07. The maximum atomic E-state index is 13.9. The minimum absolute atomic E-state index is 0.110. The number of aromatic nitrogens is 1. The number of halogens is 3. The van der Waals surface area contributed by atoms with Crippen LogP contribution in [0.3, 0.4) is 0 Å². The third-order valence-corrected chi connectivity index (χ3v) is 4.76. The van der Waals surface area contributed by atoms with Gasteiger partial charge in [0.1, 0.15) is 17.3 Å². The van der Waals surface area contributed by atoms with Gasteiger partial charge in [0.15, 0.2) is 10.6 Å². The van der Waals surface area contributed by atoms with Gasteiger partial charge in [-0.1, -0.05) is 0 Å². The van der Waals surface area contributed by atoms with Crippen molar-refractivity contribution in [1.29, 1.82) is 0 Å². The number of benzene rings is 2. The highest BCUT2D eigenvalue weighted by Crippen LogP contribution is 2.38. The third kappa shape index (κ3) is 2.89. The van der Waals surface area contributed by atoms with Crippen LogP contribution in [0.4, 0.5) is 18.9 Å². The largest absolute Gasteiger partial charge is 0.313 e. The fourth-order valence-electron chi connectivity index (χ4n) is 2.59. The van der Waals surface area contributed by atoms with E-state index in [9.17, 15) is 13.2 Å². The molecule has 0 saturated heterocycles. The van der Waals surface area contributed by atoms with E-state index >= 15 is 0 Å². The molecule has 0 aliphatic heterocycles. The summed E-state index contributed by atoms with van der Waals surface area (Å²) in [6, 6.07) is 9.95. The summed E-state index contributed by atoms with van der Waals surface area (Å²) in [7, 11) is 0. The zero-order chi connectivity index (χ0) is 16.7. The predicted octanol–water partition coefficient (Wildman–Crippen LogP) is 5.20. The van der Waals surface area contributed by atoms with E-state index < -0.39 is 11.6 Å². The van der Waals surface area contributed by atoms with Gasteiger partial charge in [0, 0.05) is 17.5 Å². The monoisotopic (exact) mass is 346 g/mol. The number of thiazole rings is 1. The molecule has 122 valence electrons. The maximum Gasteiger partial charge on any atom is 0.190 e. The predicted molar refractivity (Wildman–Crippen MR) is 87.6 cm³/mol. The molecule has 0 amide bonds. The molecular formula is C18H13F3N2S. The number of hydrogen-bond donors (Lipinski definition) is 0. The quantitative estimate of drug-likeness (QED) is 0.620. The minimum Gasteiger partial charge on any atom is -0.313 e. The number of rotatable bonds is 3. The van der Waals surface area contributed by atoms with Crippen LogP contribution < -0.4 is 4.80 Å². The molecular weight excluding hydrogens is 333 g/mol. The molecule has 0 bridgehead atoms. The zero-order valence-corrected chi connectivity index (χ0v) is 13.4. The molecule has 0 unspecified atom stereocenters. The van der Waals surface area contributed by atoms with Crippen molar-refractivity contribution in [2.24, 2.45) is 4.99 Å². The molecule has 1 saturated carbocycles. The third-order valence-electron chi connectivity index (χ3n) is 3.92. The van der Waals surface area contributed by atoms with Gasteiger partial charge >= 0.3 is 0 Å². The molecule has 2 nitrogen and oxygen atoms in total. The van der Waals surface area contributed by atoms with Gasteiger partial charge in [0.05, 0.1) is 5.69 Å². The van der Waals surface area contributed by atoms with Crippen molar-refractivity contribution >= 4 is 17.0 Å². The Morgan fingerprint density at radius 3 is 2.33 bits per heavy atom. The van der Waals surface area contributed by atoms with Crippen molar-refractivity contribution in [2.45, 2.75) is 18.9 Å². The van der Waals surface area contributed by atoms with E-state index in [1.165, 1.54) is 35.6 Å². The smallest absolute Gasteiger partial charge is 0.190 e. The van der Waals surface area contributed by atoms with Crippen LogP contribution in [-0.4, -0.2) is 4.57 Å². The molecule has 1 aliphatic carbocycles. The Balaban J connectivity index is 1.85. The van der Waals surface area contributed by atoms with Crippen LogP contribution in [0.2, 0.25) is 0 Å². The summed E-state index contributed by atoms with van der Waals surface area (Å²) in [5, 5.41) is 1.94. The number of hydrogen-bond acceptors (Lipinski definition) is 2. The van der Waals surface area contributed by atoms with Gasteiger partial charge in [0.2, 0.25) is 0 Å². The molecule has 6 heteroatoms. The first-order valence-electron chi connectivity index (χ1n) is 7.57. The zero-order valence-electron chi connectivity index (χ0n) is 12.5. The van der Waals surface area contributed by atoms with Crippen LogP contribution in [0, 0.1) is 17.5 Å². The van der Waals surface area contributed by atoms with Gasteiger partial charge in [-0.3, -0.25) is 0 Å². The van der Waals surface area contributed by atoms with E-state index in [1.807, 2.05) is 5.38 Å². The molecule has 1 aliphatic rings. The summed E-state index contributed by atoms with van der Waals surface area (Å²) in [5.41, 5.74) is 1.93. The topological polar surface area (TPSA) is 17.3 Å². The average Bonchev–Trinajstić information content (AvgIpc) is 3.31. The summed E-state index contributed by atoms with van der Waals surface area (Å²) in [6.45, 7) is 0. The van der Waals surface area contributed by atoms with E-state index in [-0.39, 0.29) is 11.5 Å². The molecule has 0 atom stereocenters. The van der Waals surface area contributed by atoms with E-state index in [0.717, 1.165) is 30.2 Å². The van der Waals surface area contributed by atoms with Crippen LogP contribution >= 0.6 is 11.3 Å². The van der Waals surface area contributed by atoms with E-state index in [1.54, 1.807) is 12.1 Å². The SMILES string of the molecule is Fc1ccc(-c2csc(=Nc3ccc(F)cc3F)n2C2CC2)cc1. The Morgan fingerprint density at radius 2 is 1.67 bits per heavy atom. The van der Waals surface area contributed by atoms with E-state index in [4.69, 9.17) is 0 Å². The molecule has 0 N–H and O–H groups in total. The fourth-order valence-corrected chi connectivity index (χ4v) is 3.57. The first-order chi connectivity index (χ1) is 11.6. The molecule has 1 heterocycles. The lowest BCUT2D eigenvalue weighted by atomic mass is 10.1. The van der Waals surface area contributed by atoms with Gasteiger partial charge < -0.3 is 4.57 Å². The summed E-state index contributed by atoms with van der Waals surface area (Å²) in [6.07, 6.45) is 2.06. The van der Waals surface area contributed by atoms with Gasteiger partial charge in [-0.25, -0.2) is 18.2 Å². The summed E-state index contributed by atoms with van der Waals surface area (Å²) >= 11 is 1.39. The molecule has 0 radical (unpaired) electrons. The first kappa shape index (κ1) is 15.2. The minimum atomic E-state index is -0.686. The van der Waals surface area contributed by atoms with Crippen molar-refractivity contribution in [3.8, 4) is 11.3 Å². The van der Waals surface area contributed by atoms with Crippen LogP contribution in [0.25, 0.3) is 11.3 Å². The lowest BCUT2D eigenvalue weighted by Gasteiger charge is -2.07. The van der Waals surface area contributed by atoms with Gasteiger partial charge in [0.25, 0.3) is 0 Å². The average molecular weight is 346 g/mol. The van der Waals surface area contributed by atoms with Crippen molar-refractivity contribution in [3.05, 3.63) is 70.1 Å². The van der Waals surface area contributed by atoms with Gasteiger partial charge in [-0.05, 0) is 54.8 Å². The highest BCUT2D eigenvalue weighted by Gasteiger charge is 2.27. The Hall–Kier alpha value is -2.34.